The van der Waals surface area contributed by atoms with Gasteiger partial charge in [0.05, 0.1) is 0 Å². The minimum Gasteiger partial charge on any atom is -0.368 e. The molecule has 2 heterocycles. The maximum absolute atomic E-state index is 5.39. The number of rotatable bonds is 0. The van der Waals surface area contributed by atoms with Crippen LogP contribution in [0.15, 0.2) is 12.4 Å². The third kappa shape index (κ3) is 0.832. The number of nitrogens with zero attached hydrogens (tertiary/aromatic N) is 2. The third-order valence-electron chi connectivity index (χ3n) is 1.66. The lowest BCUT2D eigenvalue weighted by atomic mass is 10.3. The molecule has 2 aromatic rings. The van der Waals surface area contributed by atoms with Crippen molar-refractivity contribution in [1.29, 1.82) is 0 Å². The van der Waals surface area contributed by atoms with Crippen LogP contribution >= 0.6 is 0 Å². The number of hydrogen-bond acceptors (Lipinski definition) is 3. The summed E-state index contributed by atoms with van der Waals surface area (Å²) in [6.45, 7) is 2.00. The maximum atomic E-state index is 5.39. The minimum atomic E-state index is 0.305. The first-order valence-electron chi connectivity index (χ1n) is 3.33. The molecule has 0 radical (unpaired) electrons. The highest BCUT2D eigenvalue weighted by Gasteiger charge is 2.00. The molecular formula is C7H8N4. The second-order valence-corrected chi connectivity index (χ2v) is 2.46. The third-order valence-corrected chi connectivity index (χ3v) is 1.66. The zero-order chi connectivity index (χ0) is 7.84. The van der Waals surface area contributed by atoms with Crippen molar-refractivity contribution >= 4 is 17.0 Å². The minimum absolute atomic E-state index is 0.305. The van der Waals surface area contributed by atoms with Gasteiger partial charge in [0.2, 0.25) is 5.95 Å². The Kier molecular flexibility index (Phi) is 1.09. The van der Waals surface area contributed by atoms with Crippen LogP contribution in [0.25, 0.3) is 11.0 Å². The van der Waals surface area contributed by atoms with Crippen LogP contribution in [0, 0.1) is 6.92 Å². The Morgan fingerprint density at radius 3 is 3.18 bits per heavy atom. The Morgan fingerprint density at radius 2 is 2.36 bits per heavy atom. The average molecular weight is 148 g/mol. The van der Waals surface area contributed by atoms with E-state index in [1.807, 2.05) is 13.1 Å². The average Bonchev–Trinajstić information content (AvgIpc) is 2.32. The number of aryl methyl sites for hydroxylation is 1. The van der Waals surface area contributed by atoms with E-state index in [0.29, 0.717) is 5.95 Å². The smallest absolute Gasteiger partial charge is 0.221 e. The first kappa shape index (κ1) is 6.15. The predicted molar refractivity (Wildman–Crippen MR) is 43.0 cm³/mol. The number of fused-ring (bicyclic) bond motifs is 1. The van der Waals surface area contributed by atoms with E-state index in [2.05, 4.69) is 15.0 Å². The van der Waals surface area contributed by atoms with Gasteiger partial charge in [0.1, 0.15) is 5.65 Å². The summed E-state index contributed by atoms with van der Waals surface area (Å²) in [6, 6.07) is 0. The van der Waals surface area contributed by atoms with Gasteiger partial charge in [-0.05, 0) is 12.5 Å². The monoisotopic (exact) mass is 148 g/mol. The molecule has 2 aromatic heterocycles. The first-order chi connectivity index (χ1) is 5.27. The van der Waals surface area contributed by atoms with Crippen molar-refractivity contribution in [3.05, 3.63) is 18.0 Å². The molecule has 4 heteroatoms. The van der Waals surface area contributed by atoms with Gasteiger partial charge in [-0.3, -0.25) is 0 Å². The van der Waals surface area contributed by atoms with Gasteiger partial charge in [-0.15, -0.1) is 0 Å². The largest absolute Gasteiger partial charge is 0.368 e. The van der Waals surface area contributed by atoms with Gasteiger partial charge in [0, 0.05) is 17.8 Å². The molecule has 56 valence electrons. The lowest BCUT2D eigenvalue weighted by Crippen LogP contribution is -1.93. The van der Waals surface area contributed by atoms with Crippen molar-refractivity contribution in [3.8, 4) is 0 Å². The molecule has 2 rings (SSSR count). The SMILES string of the molecule is Cc1c[nH]c2nc(N)ncc12. The van der Waals surface area contributed by atoms with E-state index in [0.717, 1.165) is 16.6 Å². The molecule has 3 N–H and O–H groups in total. The molecule has 0 atom stereocenters. The topological polar surface area (TPSA) is 67.6 Å². The highest BCUT2D eigenvalue weighted by atomic mass is 15.0. The molecule has 0 spiro atoms. The second kappa shape index (κ2) is 1.95. The second-order valence-electron chi connectivity index (χ2n) is 2.46. The molecule has 0 amide bonds. The standard InChI is InChI=1S/C7H8N4/c1-4-2-9-6-5(4)3-10-7(8)11-6/h2-3H,1H3,(H3,8,9,10,11). The number of nitrogens with one attached hydrogen (secondary N) is 1. The summed E-state index contributed by atoms with van der Waals surface area (Å²) in [5.74, 6) is 0.305. The highest BCUT2D eigenvalue weighted by Crippen LogP contribution is 2.13. The number of nitrogen functional groups attached to an aromatic ring is 1. The van der Waals surface area contributed by atoms with E-state index in [1.54, 1.807) is 6.20 Å². The van der Waals surface area contributed by atoms with Gasteiger partial charge in [-0.25, -0.2) is 4.98 Å². The summed E-state index contributed by atoms with van der Waals surface area (Å²) in [4.78, 5) is 10.9. The van der Waals surface area contributed by atoms with E-state index in [-0.39, 0.29) is 0 Å². The Hall–Kier alpha value is -1.58. The van der Waals surface area contributed by atoms with Crippen LogP contribution in [0.3, 0.4) is 0 Å². The van der Waals surface area contributed by atoms with Gasteiger partial charge < -0.3 is 10.7 Å². The van der Waals surface area contributed by atoms with Gasteiger partial charge in [-0.2, -0.15) is 4.98 Å². The number of aromatic amines is 1. The summed E-state index contributed by atoms with van der Waals surface area (Å²) in [5, 5.41) is 1.03. The fraction of sp³-hybridized carbons (Fsp3) is 0.143. The van der Waals surface area contributed by atoms with Crippen LogP contribution < -0.4 is 5.73 Å². The Balaban J connectivity index is 2.86. The van der Waals surface area contributed by atoms with E-state index in [1.165, 1.54) is 0 Å². The van der Waals surface area contributed by atoms with Gasteiger partial charge in [-0.1, -0.05) is 0 Å². The van der Waals surface area contributed by atoms with Gasteiger partial charge >= 0.3 is 0 Å². The maximum Gasteiger partial charge on any atom is 0.221 e. The fourth-order valence-corrected chi connectivity index (χ4v) is 1.05. The predicted octanol–water partition coefficient (Wildman–Crippen LogP) is 0.849. The molecule has 0 aliphatic carbocycles. The summed E-state index contributed by atoms with van der Waals surface area (Å²) >= 11 is 0. The van der Waals surface area contributed by atoms with Crippen molar-refractivity contribution < 1.29 is 0 Å². The lowest BCUT2D eigenvalue weighted by molar-refractivity contribution is 1.22. The van der Waals surface area contributed by atoms with E-state index >= 15 is 0 Å². The van der Waals surface area contributed by atoms with Crippen molar-refractivity contribution in [3.63, 3.8) is 0 Å². The van der Waals surface area contributed by atoms with E-state index in [4.69, 9.17) is 5.73 Å². The van der Waals surface area contributed by atoms with Crippen molar-refractivity contribution in [2.75, 3.05) is 5.73 Å². The van der Waals surface area contributed by atoms with Crippen molar-refractivity contribution in [1.82, 2.24) is 15.0 Å². The molecule has 0 saturated heterocycles. The van der Waals surface area contributed by atoms with Gasteiger partial charge in [0.15, 0.2) is 0 Å². The molecule has 0 aliphatic rings. The summed E-state index contributed by atoms with van der Waals surface area (Å²) < 4.78 is 0. The van der Waals surface area contributed by atoms with Crippen LogP contribution in [-0.2, 0) is 0 Å². The molecular weight excluding hydrogens is 140 g/mol. The van der Waals surface area contributed by atoms with Gasteiger partial charge in [0.25, 0.3) is 0 Å². The number of hydrogen-bond donors (Lipinski definition) is 2. The number of nitrogens with two attached hydrogens (primary N) is 1. The van der Waals surface area contributed by atoms with Crippen LogP contribution in [0.4, 0.5) is 5.95 Å². The number of anilines is 1. The Labute approximate surface area is 63.5 Å². The summed E-state index contributed by atoms with van der Waals surface area (Å²) in [5.41, 5.74) is 7.33. The normalized spacial score (nSPS) is 10.6. The lowest BCUT2D eigenvalue weighted by Gasteiger charge is -1.90. The Bertz CT molecular complexity index is 390. The van der Waals surface area contributed by atoms with E-state index < -0.39 is 0 Å². The quantitative estimate of drug-likeness (QED) is 0.582. The Morgan fingerprint density at radius 1 is 1.55 bits per heavy atom. The molecule has 0 unspecified atom stereocenters. The highest BCUT2D eigenvalue weighted by molar-refractivity contribution is 5.79. The molecule has 11 heavy (non-hydrogen) atoms. The van der Waals surface area contributed by atoms with Crippen LogP contribution in [0.5, 0.6) is 0 Å². The number of aromatic nitrogens is 3. The summed E-state index contributed by atoms with van der Waals surface area (Å²) in [7, 11) is 0. The van der Waals surface area contributed by atoms with Crippen LogP contribution in [-0.4, -0.2) is 15.0 Å². The number of H-pyrrole nitrogens is 1. The summed E-state index contributed by atoms with van der Waals surface area (Å²) in [6.07, 6.45) is 3.61. The van der Waals surface area contributed by atoms with Crippen LogP contribution in [0.2, 0.25) is 0 Å². The molecule has 0 bridgehead atoms. The zero-order valence-corrected chi connectivity index (χ0v) is 6.13. The van der Waals surface area contributed by atoms with Crippen LogP contribution in [0.1, 0.15) is 5.56 Å². The molecule has 0 fully saturated rings. The molecule has 0 aliphatic heterocycles. The molecule has 4 nitrogen and oxygen atoms in total. The van der Waals surface area contributed by atoms with E-state index in [9.17, 15) is 0 Å². The van der Waals surface area contributed by atoms with Crippen molar-refractivity contribution in [2.24, 2.45) is 0 Å². The first-order valence-corrected chi connectivity index (χ1v) is 3.33. The zero-order valence-electron chi connectivity index (χ0n) is 6.13. The molecule has 0 aromatic carbocycles. The van der Waals surface area contributed by atoms with Crippen molar-refractivity contribution in [2.45, 2.75) is 6.92 Å². The molecule has 0 saturated carbocycles. The fourth-order valence-electron chi connectivity index (χ4n) is 1.05.